The molecule has 1 aliphatic rings. The van der Waals surface area contributed by atoms with Crippen LogP contribution in [-0.4, -0.2) is 14.1 Å². The molecule has 2 aromatic heterocycles. The number of fused-ring (bicyclic) bond motifs is 2. The normalized spacial score (nSPS) is 14.0. The smallest absolute Gasteiger partial charge is 0.296 e. The van der Waals surface area contributed by atoms with Crippen molar-refractivity contribution in [2.24, 2.45) is 0 Å². The molecule has 0 spiro atoms. The van der Waals surface area contributed by atoms with Gasteiger partial charge >= 0.3 is 5.69 Å². The van der Waals surface area contributed by atoms with Crippen LogP contribution in [-0.2, 0) is 19.5 Å². The predicted molar refractivity (Wildman–Crippen MR) is 96.0 cm³/mol. The molecule has 0 unspecified atom stereocenters. The zero-order chi connectivity index (χ0) is 17.4. The Morgan fingerprint density at radius 3 is 2.84 bits per heavy atom. The zero-order valence-corrected chi connectivity index (χ0v) is 14.4. The van der Waals surface area contributed by atoms with Gasteiger partial charge in [0.25, 0.3) is 5.56 Å². The maximum absolute atomic E-state index is 12.9. The molecule has 0 amide bonds. The second kappa shape index (κ2) is 6.30. The van der Waals surface area contributed by atoms with Crippen molar-refractivity contribution in [2.75, 3.05) is 0 Å². The molecule has 126 valence electrons. The molecular formula is C18H16N4O2S. The minimum atomic E-state index is -0.500. The van der Waals surface area contributed by atoms with Crippen LogP contribution in [0.25, 0.3) is 10.2 Å². The molecule has 0 bridgehead atoms. The third-order valence-electron chi connectivity index (χ3n) is 4.57. The standard InChI is InChI=1S/C18H16N4O2S/c19-10-12-14-7-2-1-5-9-21(14)18(24)22(17(12)23)11-16-20-13-6-3-4-8-15(13)25-16/h3-4,6,8H,1-2,5,7,9,11H2. The number of aromatic nitrogens is 3. The highest BCUT2D eigenvalue weighted by atomic mass is 32.1. The molecular weight excluding hydrogens is 336 g/mol. The molecule has 1 aliphatic heterocycles. The van der Waals surface area contributed by atoms with Crippen LogP contribution in [0, 0.1) is 11.3 Å². The highest BCUT2D eigenvalue weighted by Crippen LogP contribution is 2.22. The quantitative estimate of drug-likeness (QED) is 0.708. The fourth-order valence-electron chi connectivity index (χ4n) is 3.35. The molecule has 0 saturated heterocycles. The van der Waals surface area contributed by atoms with E-state index >= 15 is 0 Å². The fraction of sp³-hybridized carbons (Fsp3) is 0.333. The topological polar surface area (TPSA) is 80.7 Å². The largest absolute Gasteiger partial charge is 0.331 e. The van der Waals surface area contributed by atoms with Gasteiger partial charge in [-0.2, -0.15) is 5.26 Å². The van der Waals surface area contributed by atoms with Crippen LogP contribution in [0.2, 0.25) is 0 Å². The van der Waals surface area contributed by atoms with Crippen molar-refractivity contribution in [3.05, 3.63) is 61.4 Å². The van der Waals surface area contributed by atoms with Gasteiger partial charge in [-0.05, 0) is 31.4 Å². The van der Waals surface area contributed by atoms with Crippen LogP contribution >= 0.6 is 11.3 Å². The minimum Gasteiger partial charge on any atom is -0.296 e. The van der Waals surface area contributed by atoms with Crippen molar-refractivity contribution < 1.29 is 0 Å². The van der Waals surface area contributed by atoms with Crippen molar-refractivity contribution in [1.82, 2.24) is 14.1 Å². The summed E-state index contributed by atoms with van der Waals surface area (Å²) in [5.74, 6) is 0. The van der Waals surface area contributed by atoms with Crippen molar-refractivity contribution in [3.63, 3.8) is 0 Å². The Balaban J connectivity index is 1.87. The van der Waals surface area contributed by atoms with Crippen molar-refractivity contribution in [2.45, 2.75) is 38.8 Å². The Bertz CT molecular complexity index is 1080. The summed E-state index contributed by atoms with van der Waals surface area (Å²) >= 11 is 1.46. The lowest BCUT2D eigenvalue weighted by atomic mass is 10.1. The summed E-state index contributed by atoms with van der Waals surface area (Å²) in [7, 11) is 0. The van der Waals surface area contributed by atoms with Gasteiger partial charge in [-0.15, -0.1) is 11.3 Å². The predicted octanol–water partition coefficient (Wildman–Crippen LogP) is 2.27. The average molecular weight is 352 g/mol. The van der Waals surface area contributed by atoms with Crippen LogP contribution < -0.4 is 11.2 Å². The summed E-state index contributed by atoms with van der Waals surface area (Å²) in [6.45, 7) is 0.662. The van der Waals surface area contributed by atoms with E-state index < -0.39 is 5.56 Å². The zero-order valence-electron chi connectivity index (χ0n) is 13.6. The minimum absolute atomic E-state index is 0.0996. The van der Waals surface area contributed by atoms with Crippen LogP contribution in [0.5, 0.6) is 0 Å². The second-order valence-corrected chi connectivity index (χ2v) is 7.26. The number of nitriles is 1. The van der Waals surface area contributed by atoms with Gasteiger partial charge in [0.1, 0.15) is 16.6 Å². The van der Waals surface area contributed by atoms with Crippen LogP contribution in [0.1, 0.15) is 35.5 Å². The summed E-state index contributed by atoms with van der Waals surface area (Å²) in [6.07, 6.45) is 3.39. The lowest BCUT2D eigenvalue weighted by Crippen LogP contribution is -2.43. The molecule has 3 heterocycles. The molecule has 0 atom stereocenters. The van der Waals surface area contributed by atoms with Gasteiger partial charge in [0.2, 0.25) is 0 Å². The Morgan fingerprint density at radius 1 is 1.20 bits per heavy atom. The Labute approximate surface area is 147 Å². The summed E-state index contributed by atoms with van der Waals surface area (Å²) in [6, 6.07) is 9.73. The van der Waals surface area contributed by atoms with Gasteiger partial charge in [0, 0.05) is 12.2 Å². The first kappa shape index (κ1) is 15.8. The third-order valence-corrected chi connectivity index (χ3v) is 5.60. The summed E-state index contributed by atoms with van der Waals surface area (Å²) in [5.41, 5.74) is 0.712. The molecule has 0 saturated carbocycles. The van der Waals surface area contributed by atoms with Crippen molar-refractivity contribution in [1.29, 1.82) is 5.26 Å². The number of hydrogen-bond acceptors (Lipinski definition) is 5. The molecule has 0 fully saturated rings. The monoisotopic (exact) mass is 352 g/mol. The molecule has 0 N–H and O–H groups in total. The number of benzene rings is 1. The van der Waals surface area contributed by atoms with Crippen LogP contribution in [0.4, 0.5) is 0 Å². The molecule has 25 heavy (non-hydrogen) atoms. The van der Waals surface area contributed by atoms with E-state index in [9.17, 15) is 14.9 Å². The molecule has 6 nitrogen and oxygen atoms in total. The van der Waals surface area contributed by atoms with Gasteiger partial charge in [-0.25, -0.2) is 9.78 Å². The van der Waals surface area contributed by atoms with E-state index in [1.54, 1.807) is 4.57 Å². The summed E-state index contributed by atoms with van der Waals surface area (Å²) in [4.78, 5) is 30.1. The first-order valence-electron chi connectivity index (χ1n) is 8.30. The third kappa shape index (κ3) is 2.68. The molecule has 1 aromatic carbocycles. The molecule has 3 aromatic rings. The highest BCUT2D eigenvalue weighted by molar-refractivity contribution is 7.18. The van der Waals surface area contributed by atoms with E-state index in [2.05, 4.69) is 4.98 Å². The van der Waals surface area contributed by atoms with Gasteiger partial charge in [-0.1, -0.05) is 18.6 Å². The van der Waals surface area contributed by atoms with Crippen molar-refractivity contribution in [3.8, 4) is 6.07 Å². The lowest BCUT2D eigenvalue weighted by molar-refractivity contribution is 0.552. The van der Waals surface area contributed by atoms with Crippen molar-refractivity contribution >= 4 is 21.6 Å². The fourth-order valence-corrected chi connectivity index (χ4v) is 4.30. The number of para-hydroxylation sites is 1. The first-order chi connectivity index (χ1) is 12.2. The number of nitrogens with zero attached hydrogens (tertiary/aromatic N) is 4. The number of rotatable bonds is 2. The summed E-state index contributed by atoms with van der Waals surface area (Å²) < 4.78 is 3.78. The Kier molecular flexibility index (Phi) is 3.98. The SMILES string of the molecule is N#Cc1c2n(c(=O)n(Cc3nc4ccccc4s3)c1=O)CCCCC2. The molecule has 0 radical (unpaired) electrons. The second-order valence-electron chi connectivity index (χ2n) is 6.14. The van der Waals surface area contributed by atoms with E-state index in [-0.39, 0.29) is 17.8 Å². The van der Waals surface area contributed by atoms with E-state index in [4.69, 9.17) is 0 Å². The first-order valence-corrected chi connectivity index (χ1v) is 9.12. The van der Waals surface area contributed by atoms with E-state index in [0.717, 1.165) is 34.0 Å². The van der Waals surface area contributed by atoms with Gasteiger partial charge in [-0.3, -0.25) is 13.9 Å². The van der Waals surface area contributed by atoms with Crippen LogP contribution in [0.3, 0.4) is 0 Å². The maximum Gasteiger partial charge on any atom is 0.331 e. The van der Waals surface area contributed by atoms with E-state index in [1.807, 2.05) is 30.3 Å². The highest BCUT2D eigenvalue weighted by Gasteiger charge is 2.21. The van der Waals surface area contributed by atoms with E-state index in [1.165, 1.54) is 11.3 Å². The maximum atomic E-state index is 12.9. The van der Waals surface area contributed by atoms with Gasteiger partial charge < -0.3 is 0 Å². The van der Waals surface area contributed by atoms with Crippen LogP contribution in [0.15, 0.2) is 33.9 Å². The van der Waals surface area contributed by atoms with E-state index in [0.29, 0.717) is 23.7 Å². The molecule has 7 heteroatoms. The Hall–Kier alpha value is -2.72. The van der Waals surface area contributed by atoms with Gasteiger partial charge in [0.05, 0.1) is 16.8 Å². The lowest BCUT2D eigenvalue weighted by Gasteiger charge is -2.13. The Morgan fingerprint density at radius 2 is 2.04 bits per heavy atom. The molecule has 0 aliphatic carbocycles. The molecule has 4 rings (SSSR count). The number of thiazole rings is 1. The number of hydrogen-bond donors (Lipinski definition) is 0. The van der Waals surface area contributed by atoms with Gasteiger partial charge in [0.15, 0.2) is 0 Å². The summed E-state index contributed by atoms with van der Waals surface area (Å²) in [5, 5.41) is 10.2. The average Bonchev–Trinajstić information content (AvgIpc) is 2.87.